The van der Waals surface area contributed by atoms with Crippen molar-refractivity contribution < 1.29 is 14.2 Å². The third-order valence-corrected chi connectivity index (χ3v) is 4.97. The van der Waals surface area contributed by atoms with Crippen LogP contribution in [0.1, 0.15) is 23.1 Å². The van der Waals surface area contributed by atoms with Crippen molar-refractivity contribution >= 4 is 10.8 Å². The lowest BCUT2D eigenvalue weighted by atomic mass is 9.87. The second-order valence-electron chi connectivity index (χ2n) is 6.54. The minimum Gasteiger partial charge on any atom is -0.454 e. The SMILES string of the molecule is CNCC(c1ccc2ccccc2c1)C(OC)c1ccc2c(c1)OCO2. The Morgan fingerprint density at radius 1 is 0.923 bits per heavy atom. The van der Waals surface area contributed by atoms with E-state index in [-0.39, 0.29) is 18.8 Å². The van der Waals surface area contributed by atoms with Crippen LogP contribution in [-0.2, 0) is 4.74 Å². The number of fused-ring (bicyclic) bond motifs is 2. The van der Waals surface area contributed by atoms with Crippen molar-refractivity contribution in [3.63, 3.8) is 0 Å². The Bertz CT molecular complexity index is 909. The van der Waals surface area contributed by atoms with Crippen LogP contribution in [-0.4, -0.2) is 27.5 Å². The van der Waals surface area contributed by atoms with Gasteiger partial charge in [-0.1, -0.05) is 48.5 Å². The molecule has 1 aliphatic rings. The van der Waals surface area contributed by atoms with Crippen molar-refractivity contribution in [2.75, 3.05) is 27.5 Å². The molecule has 26 heavy (non-hydrogen) atoms. The van der Waals surface area contributed by atoms with E-state index in [0.717, 1.165) is 23.6 Å². The fraction of sp³-hybridized carbons (Fsp3) is 0.273. The summed E-state index contributed by atoms with van der Waals surface area (Å²) in [5, 5.41) is 5.80. The maximum Gasteiger partial charge on any atom is 0.231 e. The number of nitrogens with one attached hydrogen (secondary N) is 1. The summed E-state index contributed by atoms with van der Waals surface area (Å²) in [7, 11) is 3.74. The lowest BCUT2D eigenvalue weighted by Gasteiger charge is -2.27. The van der Waals surface area contributed by atoms with Crippen LogP contribution in [0.15, 0.2) is 60.7 Å². The van der Waals surface area contributed by atoms with Gasteiger partial charge in [-0.15, -0.1) is 0 Å². The summed E-state index contributed by atoms with van der Waals surface area (Å²) >= 11 is 0. The first-order valence-corrected chi connectivity index (χ1v) is 8.86. The quantitative estimate of drug-likeness (QED) is 0.722. The molecule has 3 aromatic rings. The smallest absolute Gasteiger partial charge is 0.231 e. The molecule has 4 heteroatoms. The molecule has 0 amide bonds. The summed E-state index contributed by atoms with van der Waals surface area (Å²) in [5.74, 6) is 1.75. The number of ether oxygens (including phenoxy) is 3. The van der Waals surface area contributed by atoms with Crippen molar-refractivity contribution in [3.05, 3.63) is 71.8 Å². The van der Waals surface area contributed by atoms with Crippen molar-refractivity contribution in [1.29, 1.82) is 0 Å². The molecule has 0 radical (unpaired) electrons. The Labute approximate surface area is 153 Å². The van der Waals surface area contributed by atoms with Gasteiger partial charge in [-0.25, -0.2) is 0 Å². The fourth-order valence-electron chi connectivity index (χ4n) is 3.68. The molecule has 0 fully saturated rings. The summed E-state index contributed by atoms with van der Waals surface area (Å²) in [4.78, 5) is 0. The highest BCUT2D eigenvalue weighted by atomic mass is 16.7. The number of likely N-dealkylation sites (N-methyl/N-ethyl adjacent to an activating group) is 1. The van der Waals surface area contributed by atoms with Crippen molar-refractivity contribution in [2.24, 2.45) is 0 Å². The van der Waals surface area contributed by atoms with E-state index in [4.69, 9.17) is 14.2 Å². The first kappa shape index (κ1) is 16.9. The highest BCUT2D eigenvalue weighted by Crippen LogP contribution is 2.39. The largest absolute Gasteiger partial charge is 0.454 e. The van der Waals surface area contributed by atoms with Crippen LogP contribution in [0.2, 0.25) is 0 Å². The Kier molecular flexibility index (Phi) is 4.78. The van der Waals surface area contributed by atoms with Gasteiger partial charge in [0, 0.05) is 19.6 Å². The molecule has 0 spiro atoms. The van der Waals surface area contributed by atoms with Gasteiger partial charge in [0.25, 0.3) is 0 Å². The van der Waals surface area contributed by atoms with Gasteiger partial charge in [0.2, 0.25) is 6.79 Å². The zero-order valence-corrected chi connectivity index (χ0v) is 15.1. The predicted molar refractivity (Wildman–Crippen MR) is 103 cm³/mol. The van der Waals surface area contributed by atoms with Crippen molar-refractivity contribution in [3.8, 4) is 11.5 Å². The molecule has 2 unspecified atom stereocenters. The van der Waals surface area contributed by atoms with Crippen LogP contribution < -0.4 is 14.8 Å². The molecule has 3 aromatic carbocycles. The maximum absolute atomic E-state index is 5.94. The van der Waals surface area contributed by atoms with E-state index >= 15 is 0 Å². The van der Waals surface area contributed by atoms with Crippen LogP contribution in [0, 0.1) is 0 Å². The molecule has 0 saturated carbocycles. The first-order chi connectivity index (χ1) is 12.8. The normalized spacial score (nSPS) is 15.2. The Morgan fingerprint density at radius 3 is 2.50 bits per heavy atom. The van der Waals surface area contributed by atoms with E-state index in [9.17, 15) is 0 Å². The molecule has 1 N–H and O–H groups in total. The van der Waals surface area contributed by atoms with E-state index in [0.29, 0.717) is 0 Å². The van der Waals surface area contributed by atoms with E-state index in [1.165, 1.54) is 16.3 Å². The summed E-state index contributed by atoms with van der Waals surface area (Å²) in [6, 6.07) is 21.1. The van der Waals surface area contributed by atoms with Gasteiger partial charge < -0.3 is 19.5 Å². The van der Waals surface area contributed by atoms with Gasteiger partial charge in [0.1, 0.15) is 0 Å². The van der Waals surface area contributed by atoms with Gasteiger partial charge in [-0.05, 0) is 41.1 Å². The maximum atomic E-state index is 5.94. The van der Waals surface area contributed by atoms with Crippen LogP contribution in [0.25, 0.3) is 10.8 Å². The fourth-order valence-corrected chi connectivity index (χ4v) is 3.68. The van der Waals surface area contributed by atoms with Crippen LogP contribution >= 0.6 is 0 Å². The van der Waals surface area contributed by atoms with E-state index < -0.39 is 0 Å². The standard InChI is InChI=1S/C22H23NO3/c1-23-13-19(17-8-7-15-5-3-4-6-16(15)11-17)22(24-2)18-9-10-20-21(12-18)26-14-25-20/h3-12,19,22-23H,13-14H2,1-2H3. The van der Waals surface area contributed by atoms with Gasteiger partial charge in [-0.3, -0.25) is 0 Å². The van der Waals surface area contributed by atoms with Crippen LogP contribution in [0.4, 0.5) is 0 Å². The lowest BCUT2D eigenvalue weighted by molar-refractivity contribution is 0.0785. The third-order valence-electron chi connectivity index (χ3n) is 4.97. The van der Waals surface area contributed by atoms with Gasteiger partial charge in [-0.2, -0.15) is 0 Å². The Balaban J connectivity index is 1.73. The molecular weight excluding hydrogens is 326 g/mol. The monoisotopic (exact) mass is 349 g/mol. The summed E-state index contributed by atoms with van der Waals surface area (Å²) in [6.45, 7) is 1.09. The van der Waals surface area contributed by atoms with Gasteiger partial charge >= 0.3 is 0 Å². The highest BCUT2D eigenvalue weighted by Gasteiger charge is 2.26. The van der Waals surface area contributed by atoms with Crippen molar-refractivity contribution in [2.45, 2.75) is 12.0 Å². The number of methoxy groups -OCH3 is 1. The van der Waals surface area contributed by atoms with E-state index in [2.05, 4.69) is 53.8 Å². The minimum absolute atomic E-state index is 0.0851. The second-order valence-corrected chi connectivity index (χ2v) is 6.54. The van der Waals surface area contributed by atoms with Gasteiger partial charge in [0.05, 0.1) is 6.10 Å². The van der Waals surface area contributed by atoms with E-state index in [1.807, 2.05) is 19.2 Å². The first-order valence-electron chi connectivity index (χ1n) is 8.86. The molecule has 1 aliphatic heterocycles. The molecule has 0 saturated heterocycles. The second kappa shape index (κ2) is 7.36. The average molecular weight is 349 g/mol. The van der Waals surface area contributed by atoms with E-state index in [1.54, 1.807) is 7.11 Å². The third kappa shape index (κ3) is 3.14. The number of rotatable bonds is 6. The zero-order valence-electron chi connectivity index (χ0n) is 15.1. The predicted octanol–water partition coefficient (Wildman–Crippen LogP) is 4.26. The molecule has 4 nitrogen and oxygen atoms in total. The van der Waals surface area contributed by atoms with Crippen LogP contribution in [0.5, 0.6) is 11.5 Å². The number of benzene rings is 3. The minimum atomic E-state index is -0.0851. The summed E-state index contributed by atoms with van der Waals surface area (Å²) in [5.41, 5.74) is 2.34. The zero-order chi connectivity index (χ0) is 17.9. The average Bonchev–Trinajstić information content (AvgIpc) is 3.15. The molecule has 134 valence electrons. The summed E-state index contributed by atoms with van der Waals surface area (Å²) in [6.07, 6.45) is -0.0851. The Hall–Kier alpha value is -2.56. The van der Waals surface area contributed by atoms with Crippen molar-refractivity contribution in [1.82, 2.24) is 5.32 Å². The molecule has 0 aliphatic carbocycles. The molecule has 4 rings (SSSR count). The molecule has 0 bridgehead atoms. The molecule has 2 atom stereocenters. The molecule has 0 aromatic heterocycles. The molecular formula is C22H23NO3. The van der Waals surface area contributed by atoms with Gasteiger partial charge in [0.15, 0.2) is 11.5 Å². The number of hydrogen-bond donors (Lipinski definition) is 1. The highest BCUT2D eigenvalue weighted by molar-refractivity contribution is 5.83. The molecule has 1 heterocycles. The lowest BCUT2D eigenvalue weighted by Crippen LogP contribution is -2.24. The summed E-state index contributed by atoms with van der Waals surface area (Å²) < 4.78 is 16.9. The number of hydrogen-bond acceptors (Lipinski definition) is 4. The van der Waals surface area contributed by atoms with Crippen LogP contribution in [0.3, 0.4) is 0 Å². The topological polar surface area (TPSA) is 39.7 Å². The Morgan fingerprint density at radius 2 is 1.69 bits per heavy atom.